The Bertz CT molecular complexity index is 322. The molecular formula is C14H25N2NaO4. The molecular weight excluding hydrogens is 283 g/mol. The van der Waals surface area contributed by atoms with Gasteiger partial charge in [0.15, 0.2) is 0 Å². The number of aliphatic hydroxyl groups excluding tert-OH is 1. The maximum Gasteiger partial charge on any atom is 1.00 e. The Morgan fingerprint density at radius 2 is 2.05 bits per heavy atom. The molecule has 0 aromatic carbocycles. The van der Waals surface area contributed by atoms with Gasteiger partial charge in [-0.2, -0.15) is 0 Å². The van der Waals surface area contributed by atoms with Gasteiger partial charge in [-0.3, -0.25) is 14.7 Å². The molecule has 0 spiro atoms. The number of carboxylic acids is 1. The molecule has 2 N–H and O–H groups in total. The van der Waals surface area contributed by atoms with Crippen LogP contribution in [0.3, 0.4) is 0 Å². The third-order valence-electron chi connectivity index (χ3n) is 2.60. The van der Waals surface area contributed by atoms with Crippen LogP contribution < -0.4 is 34.7 Å². The number of rotatable bonds is 12. The van der Waals surface area contributed by atoms with Crippen molar-refractivity contribution in [1.82, 2.24) is 4.90 Å². The predicted molar refractivity (Wildman–Crippen MR) is 76.5 cm³/mol. The minimum Gasteiger partial charge on any atom is -0.862 e. The van der Waals surface area contributed by atoms with Gasteiger partial charge in [0.25, 0.3) is 0 Å². The molecule has 0 aliphatic rings. The van der Waals surface area contributed by atoms with Gasteiger partial charge >= 0.3 is 35.5 Å². The van der Waals surface area contributed by atoms with Crippen molar-refractivity contribution in [1.29, 1.82) is 0 Å². The minimum absolute atomic E-state index is 0. The molecule has 0 bridgehead atoms. The maximum absolute atomic E-state index is 11.5. The standard InChI is InChI=1S/C14H26N2O4.Na/c1-2-3-4-5-6-8-13(18)15-12-16(9-7-10-17)11-14(19)20;/h3-4,17H,2,5-12H2,1H3,(H,15,18)(H,19,20);/q;+1/p-1/b4-3+;. The summed E-state index contributed by atoms with van der Waals surface area (Å²) in [6.45, 7) is 2.37. The SMILES string of the molecule is CC/C=C/CCCC([O-])=NCN(CCCO)CC(=O)O.[Na+]. The fourth-order valence-corrected chi connectivity index (χ4v) is 1.60. The van der Waals surface area contributed by atoms with Crippen LogP contribution in [0.4, 0.5) is 0 Å². The van der Waals surface area contributed by atoms with Gasteiger partial charge in [0.1, 0.15) is 0 Å². The zero-order valence-electron chi connectivity index (χ0n) is 13.1. The van der Waals surface area contributed by atoms with Gasteiger partial charge in [-0.25, -0.2) is 0 Å². The van der Waals surface area contributed by atoms with E-state index in [1.807, 2.05) is 6.08 Å². The Balaban J connectivity index is 0. The van der Waals surface area contributed by atoms with Crippen molar-refractivity contribution in [3.63, 3.8) is 0 Å². The minimum atomic E-state index is -0.963. The topological polar surface area (TPSA) is 96.2 Å². The van der Waals surface area contributed by atoms with Crippen LogP contribution in [0, 0.1) is 0 Å². The Kier molecular flexibility index (Phi) is 17.4. The van der Waals surface area contributed by atoms with E-state index in [2.05, 4.69) is 18.0 Å². The van der Waals surface area contributed by atoms with Crippen LogP contribution in [0.15, 0.2) is 17.1 Å². The molecule has 0 unspecified atom stereocenters. The van der Waals surface area contributed by atoms with E-state index < -0.39 is 5.97 Å². The number of nitrogens with zero attached hydrogens (tertiary/aromatic N) is 2. The molecule has 0 aliphatic heterocycles. The van der Waals surface area contributed by atoms with Crippen LogP contribution in [-0.4, -0.2) is 53.3 Å². The van der Waals surface area contributed by atoms with Crippen LogP contribution in [0.25, 0.3) is 0 Å². The average molecular weight is 308 g/mol. The Labute approximate surface area is 148 Å². The summed E-state index contributed by atoms with van der Waals surface area (Å²) in [5.74, 6) is -1.16. The summed E-state index contributed by atoms with van der Waals surface area (Å²) >= 11 is 0. The molecule has 0 radical (unpaired) electrons. The summed E-state index contributed by atoms with van der Waals surface area (Å²) in [5, 5.41) is 29.0. The molecule has 21 heavy (non-hydrogen) atoms. The number of hydrogen-bond donors (Lipinski definition) is 2. The van der Waals surface area contributed by atoms with Crippen molar-refractivity contribution in [2.24, 2.45) is 4.99 Å². The smallest absolute Gasteiger partial charge is 0.862 e. The van der Waals surface area contributed by atoms with Gasteiger partial charge in [-0.05, 0) is 38.0 Å². The number of aliphatic carboxylic acids is 1. The molecule has 0 fully saturated rings. The van der Waals surface area contributed by atoms with Crippen LogP contribution in [0.5, 0.6) is 0 Å². The molecule has 0 atom stereocenters. The number of aliphatic hydroxyl groups is 1. The average Bonchev–Trinajstić information content (AvgIpc) is 2.41. The van der Waals surface area contributed by atoms with Crippen molar-refractivity contribution in [3.8, 4) is 0 Å². The largest absolute Gasteiger partial charge is 1.00 e. The van der Waals surface area contributed by atoms with Gasteiger partial charge in [0.05, 0.1) is 13.2 Å². The molecule has 0 saturated carbocycles. The summed E-state index contributed by atoms with van der Waals surface area (Å²) < 4.78 is 0. The first-order valence-corrected chi connectivity index (χ1v) is 7.00. The molecule has 0 aliphatic carbocycles. The van der Waals surface area contributed by atoms with Gasteiger partial charge in [-0.1, -0.05) is 19.1 Å². The van der Waals surface area contributed by atoms with Crippen molar-refractivity contribution in [2.45, 2.75) is 39.0 Å². The van der Waals surface area contributed by atoms with E-state index in [9.17, 15) is 9.90 Å². The number of carboxylic acid groups (broad SMARTS) is 1. The van der Waals surface area contributed by atoms with Crippen molar-refractivity contribution < 1.29 is 49.7 Å². The quantitative estimate of drug-likeness (QED) is 0.138. The summed E-state index contributed by atoms with van der Waals surface area (Å²) in [6.07, 6.45) is 7.57. The molecule has 0 aromatic heterocycles. The third kappa shape index (κ3) is 15.8. The third-order valence-corrected chi connectivity index (χ3v) is 2.60. The molecule has 0 saturated heterocycles. The molecule has 7 heteroatoms. The first kappa shape index (κ1) is 22.9. The van der Waals surface area contributed by atoms with E-state index in [0.717, 1.165) is 19.3 Å². The zero-order chi connectivity index (χ0) is 15.2. The summed E-state index contributed by atoms with van der Waals surface area (Å²) in [6, 6.07) is 0. The number of carbonyl (C=O) groups is 1. The Morgan fingerprint density at radius 3 is 2.62 bits per heavy atom. The second-order valence-corrected chi connectivity index (χ2v) is 4.49. The van der Waals surface area contributed by atoms with E-state index in [1.54, 1.807) is 0 Å². The summed E-state index contributed by atoms with van der Waals surface area (Å²) in [7, 11) is 0. The number of hydrogen-bond acceptors (Lipinski definition) is 5. The number of allylic oxidation sites excluding steroid dienone is 2. The predicted octanol–water partition coefficient (Wildman–Crippen LogP) is -2.39. The van der Waals surface area contributed by atoms with Crippen molar-refractivity contribution in [2.75, 3.05) is 26.4 Å². The molecule has 6 nitrogen and oxygen atoms in total. The summed E-state index contributed by atoms with van der Waals surface area (Å²) in [4.78, 5) is 16.1. The molecule has 0 aromatic rings. The second-order valence-electron chi connectivity index (χ2n) is 4.49. The van der Waals surface area contributed by atoms with E-state index >= 15 is 0 Å². The number of unbranched alkanes of at least 4 members (excludes halogenated alkanes) is 1. The van der Waals surface area contributed by atoms with Crippen LogP contribution in [0.2, 0.25) is 0 Å². The monoisotopic (exact) mass is 308 g/mol. The molecule has 0 heterocycles. The first-order chi connectivity index (χ1) is 9.60. The second kappa shape index (κ2) is 16.0. The fourth-order valence-electron chi connectivity index (χ4n) is 1.60. The van der Waals surface area contributed by atoms with Crippen LogP contribution >= 0.6 is 0 Å². The Hall–Kier alpha value is -0.400. The van der Waals surface area contributed by atoms with E-state index in [1.165, 1.54) is 4.90 Å². The van der Waals surface area contributed by atoms with Gasteiger partial charge in [-0.15, -0.1) is 0 Å². The normalized spacial score (nSPS) is 11.9. The zero-order valence-corrected chi connectivity index (χ0v) is 15.1. The number of aliphatic imine (C=N–C) groups is 1. The van der Waals surface area contributed by atoms with Crippen molar-refractivity contribution >= 4 is 11.9 Å². The van der Waals surface area contributed by atoms with Gasteiger partial charge in [0.2, 0.25) is 0 Å². The summed E-state index contributed by atoms with van der Waals surface area (Å²) in [5.41, 5.74) is 0. The first-order valence-electron chi connectivity index (χ1n) is 7.00. The molecule has 116 valence electrons. The Morgan fingerprint density at radius 1 is 1.33 bits per heavy atom. The van der Waals surface area contributed by atoms with Crippen molar-refractivity contribution in [3.05, 3.63) is 12.2 Å². The molecule has 0 amide bonds. The maximum atomic E-state index is 11.5. The van der Waals surface area contributed by atoms with E-state index in [4.69, 9.17) is 10.2 Å². The van der Waals surface area contributed by atoms with Crippen LogP contribution in [0.1, 0.15) is 39.0 Å². The van der Waals surface area contributed by atoms with Gasteiger partial charge < -0.3 is 15.3 Å². The van der Waals surface area contributed by atoms with E-state index in [-0.39, 0.29) is 55.3 Å². The van der Waals surface area contributed by atoms with Gasteiger partial charge in [0, 0.05) is 13.2 Å². The molecule has 0 rings (SSSR count). The van der Waals surface area contributed by atoms with Crippen LogP contribution in [-0.2, 0) is 4.79 Å². The van der Waals surface area contributed by atoms with E-state index in [0.29, 0.717) is 19.4 Å². The fraction of sp³-hybridized carbons (Fsp3) is 0.714.